The lowest BCUT2D eigenvalue weighted by Gasteiger charge is -2.14. The van der Waals surface area contributed by atoms with Crippen LogP contribution >= 0.6 is 0 Å². The van der Waals surface area contributed by atoms with E-state index in [2.05, 4.69) is 37.8 Å². The molecule has 4 nitrogen and oxygen atoms in total. The van der Waals surface area contributed by atoms with Gasteiger partial charge < -0.3 is 10.3 Å². The summed E-state index contributed by atoms with van der Waals surface area (Å²) in [6.07, 6.45) is 1.73. The SMILES string of the molecule is CC(CCN)c1nc(CC(C)(C)C)no1. The van der Waals surface area contributed by atoms with Crippen molar-refractivity contribution >= 4 is 0 Å². The van der Waals surface area contributed by atoms with Crippen LogP contribution in [0.2, 0.25) is 0 Å². The standard InChI is InChI=1S/C11H21N3O/c1-8(5-6-12)10-13-9(14-15-10)7-11(2,3)4/h8H,5-7,12H2,1-4H3. The normalized spacial score (nSPS) is 14.2. The van der Waals surface area contributed by atoms with E-state index in [0.717, 1.165) is 18.7 Å². The van der Waals surface area contributed by atoms with E-state index in [1.807, 2.05) is 0 Å². The molecule has 0 amide bonds. The zero-order valence-electron chi connectivity index (χ0n) is 10.1. The van der Waals surface area contributed by atoms with Crippen molar-refractivity contribution in [2.75, 3.05) is 6.54 Å². The van der Waals surface area contributed by atoms with Crippen LogP contribution in [0.15, 0.2) is 4.52 Å². The highest BCUT2D eigenvalue weighted by Crippen LogP contribution is 2.21. The fourth-order valence-electron chi connectivity index (χ4n) is 1.39. The molecule has 15 heavy (non-hydrogen) atoms. The highest BCUT2D eigenvalue weighted by atomic mass is 16.5. The van der Waals surface area contributed by atoms with Gasteiger partial charge in [-0.2, -0.15) is 4.98 Å². The van der Waals surface area contributed by atoms with Gasteiger partial charge in [0.25, 0.3) is 0 Å². The van der Waals surface area contributed by atoms with E-state index in [9.17, 15) is 0 Å². The Bertz CT molecular complexity index is 301. The Morgan fingerprint density at radius 2 is 2.07 bits per heavy atom. The molecule has 0 aliphatic heterocycles. The Hall–Kier alpha value is -0.900. The highest BCUT2D eigenvalue weighted by Gasteiger charge is 2.18. The molecule has 1 rings (SSSR count). The molecule has 0 fully saturated rings. The lowest BCUT2D eigenvalue weighted by molar-refractivity contribution is 0.340. The van der Waals surface area contributed by atoms with Crippen molar-refractivity contribution in [3.05, 3.63) is 11.7 Å². The Balaban J connectivity index is 2.64. The maximum absolute atomic E-state index is 5.49. The van der Waals surface area contributed by atoms with E-state index >= 15 is 0 Å². The molecule has 1 aromatic heterocycles. The van der Waals surface area contributed by atoms with Crippen LogP contribution in [0, 0.1) is 5.41 Å². The third-order valence-corrected chi connectivity index (χ3v) is 2.19. The monoisotopic (exact) mass is 211 g/mol. The van der Waals surface area contributed by atoms with E-state index in [0.29, 0.717) is 12.4 Å². The van der Waals surface area contributed by atoms with Crippen LogP contribution in [0.4, 0.5) is 0 Å². The van der Waals surface area contributed by atoms with Crippen molar-refractivity contribution < 1.29 is 4.52 Å². The van der Waals surface area contributed by atoms with Gasteiger partial charge in [0.1, 0.15) is 0 Å². The number of nitrogens with two attached hydrogens (primary N) is 1. The summed E-state index contributed by atoms with van der Waals surface area (Å²) in [7, 11) is 0. The fraction of sp³-hybridized carbons (Fsp3) is 0.818. The number of nitrogens with zero attached hydrogens (tertiary/aromatic N) is 2. The third-order valence-electron chi connectivity index (χ3n) is 2.19. The minimum Gasteiger partial charge on any atom is -0.339 e. The van der Waals surface area contributed by atoms with Gasteiger partial charge in [0.15, 0.2) is 5.82 Å². The lowest BCUT2D eigenvalue weighted by atomic mass is 9.92. The molecule has 1 heterocycles. The van der Waals surface area contributed by atoms with Crippen LogP contribution in [-0.4, -0.2) is 16.7 Å². The Kier molecular flexibility index (Phi) is 3.85. The number of rotatable bonds is 4. The Labute approximate surface area is 91.2 Å². The average molecular weight is 211 g/mol. The zero-order valence-corrected chi connectivity index (χ0v) is 10.1. The zero-order chi connectivity index (χ0) is 11.5. The molecule has 0 aliphatic carbocycles. The van der Waals surface area contributed by atoms with Gasteiger partial charge in [0.2, 0.25) is 5.89 Å². The molecule has 1 aromatic rings. The molecule has 4 heteroatoms. The van der Waals surface area contributed by atoms with Gasteiger partial charge in [-0.3, -0.25) is 0 Å². The van der Waals surface area contributed by atoms with E-state index in [1.165, 1.54) is 0 Å². The maximum atomic E-state index is 5.49. The van der Waals surface area contributed by atoms with Crippen LogP contribution in [0.5, 0.6) is 0 Å². The minimum atomic E-state index is 0.193. The molecule has 0 bridgehead atoms. The third kappa shape index (κ3) is 4.00. The van der Waals surface area contributed by atoms with Gasteiger partial charge in [-0.15, -0.1) is 0 Å². The fourth-order valence-corrected chi connectivity index (χ4v) is 1.39. The second kappa shape index (κ2) is 4.75. The molecule has 2 N–H and O–H groups in total. The minimum absolute atomic E-state index is 0.193. The summed E-state index contributed by atoms with van der Waals surface area (Å²) in [6, 6.07) is 0. The van der Waals surface area contributed by atoms with Crippen molar-refractivity contribution in [1.82, 2.24) is 10.1 Å². The van der Waals surface area contributed by atoms with Crippen molar-refractivity contribution in [3.63, 3.8) is 0 Å². The molecule has 0 saturated heterocycles. The number of aromatic nitrogens is 2. The number of hydrogen-bond donors (Lipinski definition) is 1. The van der Waals surface area contributed by atoms with E-state index in [1.54, 1.807) is 0 Å². The predicted octanol–water partition coefficient (Wildman–Crippen LogP) is 2.11. The first-order valence-corrected chi connectivity index (χ1v) is 5.45. The molecule has 0 saturated carbocycles. The summed E-state index contributed by atoms with van der Waals surface area (Å²) in [6.45, 7) is 9.18. The molecular weight excluding hydrogens is 190 g/mol. The molecule has 86 valence electrons. The molecule has 0 aliphatic rings. The molecule has 0 spiro atoms. The smallest absolute Gasteiger partial charge is 0.229 e. The Morgan fingerprint density at radius 1 is 1.40 bits per heavy atom. The average Bonchev–Trinajstić information content (AvgIpc) is 2.50. The quantitative estimate of drug-likeness (QED) is 0.828. The van der Waals surface area contributed by atoms with Gasteiger partial charge in [-0.1, -0.05) is 32.9 Å². The van der Waals surface area contributed by atoms with Gasteiger partial charge in [-0.25, -0.2) is 0 Å². The van der Waals surface area contributed by atoms with Gasteiger partial charge >= 0.3 is 0 Å². The van der Waals surface area contributed by atoms with E-state index < -0.39 is 0 Å². The summed E-state index contributed by atoms with van der Waals surface area (Å²) >= 11 is 0. The summed E-state index contributed by atoms with van der Waals surface area (Å²) in [5, 5.41) is 3.98. The molecule has 1 unspecified atom stereocenters. The molecular formula is C11H21N3O. The van der Waals surface area contributed by atoms with Crippen molar-refractivity contribution in [3.8, 4) is 0 Å². The Morgan fingerprint density at radius 3 is 2.60 bits per heavy atom. The van der Waals surface area contributed by atoms with Crippen molar-refractivity contribution in [1.29, 1.82) is 0 Å². The molecule has 1 atom stereocenters. The summed E-state index contributed by atoms with van der Waals surface area (Å²) < 4.78 is 5.21. The summed E-state index contributed by atoms with van der Waals surface area (Å²) in [4.78, 5) is 4.38. The molecule has 0 aromatic carbocycles. The second-order valence-corrected chi connectivity index (χ2v) is 5.26. The van der Waals surface area contributed by atoms with Crippen LogP contribution < -0.4 is 5.73 Å². The van der Waals surface area contributed by atoms with E-state index in [-0.39, 0.29) is 11.3 Å². The largest absolute Gasteiger partial charge is 0.339 e. The lowest BCUT2D eigenvalue weighted by Crippen LogP contribution is -2.10. The van der Waals surface area contributed by atoms with Crippen LogP contribution in [0.25, 0.3) is 0 Å². The van der Waals surface area contributed by atoms with Crippen molar-refractivity contribution in [2.24, 2.45) is 11.1 Å². The van der Waals surface area contributed by atoms with Crippen LogP contribution in [-0.2, 0) is 6.42 Å². The second-order valence-electron chi connectivity index (χ2n) is 5.26. The van der Waals surface area contributed by atoms with Crippen molar-refractivity contribution in [2.45, 2.75) is 46.5 Å². The van der Waals surface area contributed by atoms with E-state index in [4.69, 9.17) is 10.3 Å². The predicted molar refractivity (Wildman–Crippen MR) is 59.5 cm³/mol. The summed E-state index contributed by atoms with van der Waals surface area (Å²) in [5.41, 5.74) is 5.68. The van der Waals surface area contributed by atoms with Crippen LogP contribution in [0.1, 0.15) is 51.7 Å². The summed E-state index contributed by atoms with van der Waals surface area (Å²) in [5.74, 6) is 1.76. The first kappa shape index (κ1) is 12.2. The maximum Gasteiger partial charge on any atom is 0.229 e. The van der Waals surface area contributed by atoms with Gasteiger partial charge in [0, 0.05) is 12.3 Å². The number of hydrogen-bond acceptors (Lipinski definition) is 4. The first-order valence-electron chi connectivity index (χ1n) is 5.45. The highest BCUT2D eigenvalue weighted by molar-refractivity contribution is 4.94. The van der Waals surface area contributed by atoms with Gasteiger partial charge in [0.05, 0.1) is 0 Å². The van der Waals surface area contributed by atoms with Crippen LogP contribution in [0.3, 0.4) is 0 Å². The molecule has 0 radical (unpaired) electrons. The topological polar surface area (TPSA) is 64.9 Å². The first-order chi connectivity index (χ1) is 6.92. The van der Waals surface area contributed by atoms with Gasteiger partial charge in [-0.05, 0) is 18.4 Å².